The molecule has 0 aliphatic carbocycles. The van der Waals surface area contributed by atoms with E-state index in [-0.39, 0.29) is 23.4 Å². The Morgan fingerprint density at radius 3 is 2.33 bits per heavy atom. The Bertz CT molecular complexity index is 774. The first-order valence-electron chi connectivity index (χ1n) is 5.62. The van der Waals surface area contributed by atoms with Crippen LogP contribution in [0.1, 0.15) is 15.9 Å². The number of carbonyl (C=O) groups is 1. The van der Waals surface area contributed by atoms with Gasteiger partial charge in [0.25, 0.3) is 15.0 Å². The zero-order chi connectivity index (χ0) is 16.4. The molecule has 21 heavy (non-hydrogen) atoms. The van der Waals surface area contributed by atoms with Gasteiger partial charge in [0.2, 0.25) is 0 Å². The monoisotopic (exact) mass is 357 g/mol. The van der Waals surface area contributed by atoms with E-state index in [1.165, 1.54) is 6.92 Å². The van der Waals surface area contributed by atoms with Crippen molar-refractivity contribution in [2.45, 2.75) is 11.8 Å². The van der Waals surface area contributed by atoms with Gasteiger partial charge in [0.15, 0.2) is 0 Å². The molecule has 0 fully saturated rings. The molecule has 0 heterocycles. The summed E-state index contributed by atoms with van der Waals surface area (Å²) in [6.45, 7) is 1.05. The van der Waals surface area contributed by atoms with Crippen LogP contribution in [-0.2, 0) is 18.9 Å². The SMILES string of the molecule is Cc1c(F)cc(C(=O)NCCS(C)(=O)=O)cc1S(=O)(=O)Cl. The molecule has 0 saturated heterocycles. The maximum Gasteiger partial charge on any atom is 0.261 e. The minimum Gasteiger partial charge on any atom is -0.351 e. The average Bonchev–Trinajstić information content (AvgIpc) is 2.29. The quantitative estimate of drug-likeness (QED) is 0.787. The van der Waals surface area contributed by atoms with Crippen LogP contribution in [0.5, 0.6) is 0 Å². The van der Waals surface area contributed by atoms with Crippen LogP contribution >= 0.6 is 10.7 Å². The number of hydrogen-bond acceptors (Lipinski definition) is 5. The van der Waals surface area contributed by atoms with Gasteiger partial charge >= 0.3 is 0 Å². The highest BCUT2D eigenvalue weighted by atomic mass is 35.7. The normalized spacial score (nSPS) is 12.2. The summed E-state index contributed by atoms with van der Waals surface area (Å²) in [4.78, 5) is 11.3. The largest absolute Gasteiger partial charge is 0.351 e. The predicted octanol–water partition coefficient (Wildman–Crippen LogP) is 0.836. The first-order chi connectivity index (χ1) is 9.42. The summed E-state index contributed by atoms with van der Waals surface area (Å²) in [6.07, 6.45) is 1.00. The highest BCUT2D eigenvalue weighted by molar-refractivity contribution is 8.13. The van der Waals surface area contributed by atoms with Crippen molar-refractivity contribution in [3.05, 3.63) is 29.1 Å². The van der Waals surface area contributed by atoms with Gasteiger partial charge in [-0.05, 0) is 19.1 Å². The van der Waals surface area contributed by atoms with Crippen molar-refractivity contribution in [1.29, 1.82) is 0 Å². The summed E-state index contributed by atoms with van der Waals surface area (Å²) >= 11 is 0. The molecular formula is C11H13ClFNO5S2. The van der Waals surface area contributed by atoms with E-state index in [1.807, 2.05) is 0 Å². The smallest absolute Gasteiger partial charge is 0.261 e. The van der Waals surface area contributed by atoms with Gasteiger partial charge in [0.05, 0.1) is 10.6 Å². The van der Waals surface area contributed by atoms with Gasteiger partial charge in [-0.3, -0.25) is 4.79 Å². The number of amides is 1. The molecular weight excluding hydrogens is 345 g/mol. The van der Waals surface area contributed by atoms with Crippen LogP contribution < -0.4 is 5.32 Å². The van der Waals surface area contributed by atoms with Gasteiger partial charge in [-0.15, -0.1) is 0 Å². The van der Waals surface area contributed by atoms with Crippen molar-refractivity contribution in [2.24, 2.45) is 0 Å². The molecule has 0 bridgehead atoms. The molecule has 1 aromatic rings. The lowest BCUT2D eigenvalue weighted by Crippen LogP contribution is -2.29. The molecule has 10 heteroatoms. The number of carbonyl (C=O) groups excluding carboxylic acids is 1. The van der Waals surface area contributed by atoms with Crippen LogP contribution in [0.15, 0.2) is 17.0 Å². The Balaban J connectivity index is 3.04. The fourth-order valence-electron chi connectivity index (χ4n) is 1.49. The molecule has 0 spiro atoms. The lowest BCUT2D eigenvalue weighted by molar-refractivity contribution is 0.0955. The summed E-state index contributed by atoms with van der Waals surface area (Å²) in [5.41, 5.74) is -0.455. The molecule has 0 atom stereocenters. The van der Waals surface area contributed by atoms with Crippen molar-refractivity contribution >= 4 is 35.5 Å². The minimum atomic E-state index is -4.20. The van der Waals surface area contributed by atoms with Gasteiger partial charge < -0.3 is 5.32 Å². The Morgan fingerprint density at radius 1 is 1.29 bits per heavy atom. The zero-order valence-electron chi connectivity index (χ0n) is 11.2. The maximum atomic E-state index is 13.6. The molecule has 1 N–H and O–H groups in total. The summed E-state index contributed by atoms with van der Waals surface area (Å²) in [5, 5.41) is 2.26. The fraction of sp³-hybridized carbons (Fsp3) is 0.364. The van der Waals surface area contributed by atoms with E-state index in [0.29, 0.717) is 0 Å². The molecule has 1 amide bonds. The number of nitrogens with one attached hydrogen (secondary N) is 1. The van der Waals surface area contributed by atoms with Crippen molar-refractivity contribution in [3.8, 4) is 0 Å². The van der Waals surface area contributed by atoms with Gasteiger partial charge in [-0.25, -0.2) is 21.2 Å². The summed E-state index contributed by atoms with van der Waals surface area (Å²) < 4.78 is 58.1. The Morgan fingerprint density at radius 2 is 1.86 bits per heavy atom. The van der Waals surface area contributed by atoms with Gasteiger partial charge in [-0.1, -0.05) is 0 Å². The Labute approximate surface area is 126 Å². The van der Waals surface area contributed by atoms with E-state index in [9.17, 15) is 26.0 Å². The highest BCUT2D eigenvalue weighted by Crippen LogP contribution is 2.23. The topological polar surface area (TPSA) is 97.4 Å². The van der Waals surface area contributed by atoms with Crippen molar-refractivity contribution in [3.63, 3.8) is 0 Å². The first kappa shape index (κ1) is 17.9. The standard InChI is InChI=1S/C11H13ClFNO5S2/c1-7-9(13)5-8(6-10(7)21(12,18)19)11(15)14-3-4-20(2,16)17/h5-6H,3-4H2,1-2H3,(H,14,15). The third kappa shape index (κ3) is 5.25. The van der Waals surface area contributed by atoms with Crippen LogP contribution in [0.25, 0.3) is 0 Å². The molecule has 0 aromatic heterocycles. The summed E-state index contributed by atoms with van der Waals surface area (Å²) in [6, 6.07) is 1.80. The fourth-order valence-corrected chi connectivity index (χ4v) is 3.17. The predicted molar refractivity (Wildman–Crippen MR) is 76.2 cm³/mol. The molecule has 6 nitrogen and oxygen atoms in total. The lowest BCUT2D eigenvalue weighted by atomic mass is 10.1. The van der Waals surface area contributed by atoms with Gasteiger partial charge in [0, 0.05) is 34.6 Å². The number of hydrogen-bond donors (Lipinski definition) is 1. The average molecular weight is 358 g/mol. The van der Waals surface area contributed by atoms with E-state index in [1.54, 1.807) is 0 Å². The second-order valence-electron chi connectivity index (χ2n) is 4.40. The van der Waals surface area contributed by atoms with Crippen LogP contribution in [-0.4, -0.2) is 41.3 Å². The zero-order valence-corrected chi connectivity index (χ0v) is 13.6. The number of halogens is 2. The Hall–Kier alpha value is -1.19. The summed E-state index contributed by atoms with van der Waals surface area (Å²) in [5.74, 6) is -1.97. The van der Waals surface area contributed by atoms with Crippen LogP contribution in [0.3, 0.4) is 0 Å². The van der Waals surface area contributed by atoms with E-state index in [0.717, 1.165) is 18.4 Å². The van der Waals surface area contributed by atoms with Crippen molar-refractivity contribution in [1.82, 2.24) is 5.32 Å². The van der Waals surface area contributed by atoms with E-state index in [2.05, 4.69) is 5.32 Å². The first-order valence-corrected chi connectivity index (χ1v) is 9.99. The van der Waals surface area contributed by atoms with Crippen molar-refractivity contribution in [2.75, 3.05) is 18.6 Å². The molecule has 0 saturated carbocycles. The highest BCUT2D eigenvalue weighted by Gasteiger charge is 2.20. The number of sulfone groups is 1. The Kier molecular flexibility index (Phi) is 5.35. The second-order valence-corrected chi connectivity index (χ2v) is 9.20. The maximum absolute atomic E-state index is 13.6. The third-order valence-corrected chi connectivity index (χ3v) is 4.97. The van der Waals surface area contributed by atoms with Gasteiger partial charge in [0.1, 0.15) is 15.7 Å². The molecule has 0 radical (unpaired) electrons. The second kappa shape index (κ2) is 6.29. The molecule has 1 aromatic carbocycles. The molecule has 1 rings (SSSR count). The van der Waals surface area contributed by atoms with E-state index in [4.69, 9.17) is 10.7 Å². The van der Waals surface area contributed by atoms with Crippen LogP contribution in [0, 0.1) is 12.7 Å². The molecule has 0 aliphatic heterocycles. The van der Waals surface area contributed by atoms with Crippen molar-refractivity contribution < 1.29 is 26.0 Å². The lowest BCUT2D eigenvalue weighted by Gasteiger charge is -2.08. The number of benzene rings is 1. The molecule has 118 valence electrons. The van der Waals surface area contributed by atoms with Crippen LogP contribution in [0.4, 0.5) is 4.39 Å². The number of rotatable bonds is 5. The molecule has 0 unspecified atom stereocenters. The summed E-state index contributed by atoms with van der Waals surface area (Å²) in [7, 11) is -2.28. The minimum absolute atomic E-state index is 0.171. The van der Waals surface area contributed by atoms with Gasteiger partial charge in [-0.2, -0.15) is 0 Å². The van der Waals surface area contributed by atoms with E-state index < -0.39 is 35.5 Å². The molecule has 0 aliphatic rings. The van der Waals surface area contributed by atoms with Crippen LogP contribution in [0.2, 0.25) is 0 Å². The third-order valence-electron chi connectivity index (χ3n) is 2.58. The van der Waals surface area contributed by atoms with E-state index >= 15 is 0 Å².